The molecule has 0 radical (unpaired) electrons. The van der Waals surface area contributed by atoms with Crippen LogP contribution in [0.3, 0.4) is 0 Å². The molecule has 2 aliphatic rings. The lowest BCUT2D eigenvalue weighted by Gasteiger charge is -2.35. The fourth-order valence-corrected chi connectivity index (χ4v) is 5.07. The number of aliphatic imine (C=N–C) groups is 1. The third kappa shape index (κ3) is 3.72. The monoisotopic (exact) mass is 435 g/mol. The molecule has 168 valence electrons. The van der Waals surface area contributed by atoms with Crippen molar-refractivity contribution in [2.45, 2.75) is 58.2 Å². The predicted molar refractivity (Wildman–Crippen MR) is 121 cm³/mol. The molecule has 8 heteroatoms. The highest BCUT2D eigenvalue weighted by molar-refractivity contribution is 5.75. The number of fused-ring (bicyclic) bond motifs is 1. The molecule has 8 nitrogen and oxygen atoms in total. The number of hydrogen-bond donors (Lipinski definition) is 0. The van der Waals surface area contributed by atoms with Gasteiger partial charge in [0.1, 0.15) is 11.1 Å². The van der Waals surface area contributed by atoms with Crippen molar-refractivity contribution in [3.8, 4) is 0 Å². The SMILES string of the molecule is C/C=N/c1nc(C)c2ncn([C@H]3CC[C@@H](COCc4ccccc4)[C@@]34COC(C)O4)c2n1. The maximum atomic E-state index is 6.49. The molecule has 1 saturated heterocycles. The first-order valence-electron chi connectivity index (χ1n) is 11.2. The lowest BCUT2D eigenvalue weighted by atomic mass is 9.89. The largest absolute Gasteiger partial charge is 0.376 e. The smallest absolute Gasteiger partial charge is 0.251 e. The quantitative estimate of drug-likeness (QED) is 0.541. The van der Waals surface area contributed by atoms with Gasteiger partial charge in [0.15, 0.2) is 11.9 Å². The van der Waals surface area contributed by atoms with Gasteiger partial charge in [0.2, 0.25) is 0 Å². The Morgan fingerprint density at radius 1 is 1.25 bits per heavy atom. The zero-order valence-corrected chi connectivity index (χ0v) is 18.8. The maximum absolute atomic E-state index is 6.49. The average Bonchev–Trinajstić information content (AvgIpc) is 3.47. The summed E-state index contributed by atoms with van der Waals surface area (Å²) in [4.78, 5) is 18.1. The summed E-state index contributed by atoms with van der Waals surface area (Å²) in [6.45, 7) is 7.50. The predicted octanol–water partition coefficient (Wildman–Crippen LogP) is 4.16. The Labute approximate surface area is 187 Å². The Morgan fingerprint density at radius 3 is 2.84 bits per heavy atom. The van der Waals surface area contributed by atoms with E-state index in [0.717, 1.165) is 29.7 Å². The van der Waals surface area contributed by atoms with Crippen LogP contribution < -0.4 is 0 Å². The van der Waals surface area contributed by atoms with Gasteiger partial charge in [0.25, 0.3) is 5.95 Å². The Kier molecular flexibility index (Phi) is 5.75. The van der Waals surface area contributed by atoms with E-state index in [1.807, 2.05) is 45.3 Å². The molecule has 2 aromatic heterocycles. The number of rotatable bonds is 6. The van der Waals surface area contributed by atoms with E-state index in [0.29, 0.717) is 25.8 Å². The van der Waals surface area contributed by atoms with Crippen molar-refractivity contribution < 1.29 is 14.2 Å². The van der Waals surface area contributed by atoms with Crippen LogP contribution in [-0.4, -0.2) is 50.8 Å². The van der Waals surface area contributed by atoms with Crippen LogP contribution in [-0.2, 0) is 20.8 Å². The van der Waals surface area contributed by atoms with Crippen molar-refractivity contribution in [2.24, 2.45) is 10.9 Å². The van der Waals surface area contributed by atoms with Gasteiger partial charge in [-0.25, -0.2) is 15.0 Å². The fourth-order valence-electron chi connectivity index (χ4n) is 5.07. The molecule has 1 aliphatic carbocycles. The first kappa shape index (κ1) is 21.2. The number of ether oxygens (including phenoxy) is 3. The Balaban J connectivity index is 1.44. The fraction of sp³-hybridized carbons (Fsp3) is 0.500. The van der Waals surface area contributed by atoms with Gasteiger partial charge < -0.3 is 18.8 Å². The van der Waals surface area contributed by atoms with E-state index in [1.54, 1.807) is 6.21 Å². The van der Waals surface area contributed by atoms with Crippen LogP contribution in [0.25, 0.3) is 11.2 Å². The van der Waals surface area contributed by atoms with Gasteiger partial charge in [0.05, 0.1) is 37.9 Å². The summed E-state index contributed by atoms with van der Waals surface area (Å²) in [6, 6.07) is 10.3. The zero-order chi connectivity index (χ0) is 22.1. The van der Waals surface area contributed by atoms with Crippen molar-refractivity contribution in [3.63, 3.8) is 0 Å². The van der Waals surface area contributed by atoms with Gasteiger partial charge >= 0.3 is 0 Å². The highest BCUT2D eigenvalue weighted by Crippen LogP contribution is 2.51. The summed E-state index contributed by atoms with van der Waals surface area (Å²) in [6.07, 6.45) is 5.24. The molecule has 0 amide bonds. The van der Waals surface area contributed by atoms with Crippen molar-refractivity contribution >= 4 is 23.3 Å². The summed E-state index contributed by atoms with van der Waals surface area (Å²) in [7, 11) is 0. The summed E-state index contributed by atoms with van der Waals surface area (Å²) in [5, 5.41) is 0. The Hall–Kier alpha value is -2.68. The normalized spacial score (nSPS) is 27.9. The molecule has 1 spiro atoms. The molecule has 4 atom stereocenters. The van der Waals surface area contributed by atoms with E-state index < -0.39 is 5.60 Å². The number of aromatic nitrogens is 4. The highest BCUT2D eigenvalue weighted by atomic mass is 16.7. The molecule has 1 aromatic carbocycles. The summed E-state index contributed by atoms with van der Waals surface area (Å²) < 4.78 is 20.7. The van der Waals surface area contributed by atoms with Crippen molar-refractivity contribution in [1.82, 2.24) is 19.5 Å². The molecule has 32 heavy (non-hydrogen) atoms. The molecule has 1 saturated carbocycles. The molecular weight excluding hydrogens is 406 g/mol. The molecule has 0 bridgehead atoms. The van der Waals surface area contributed by atoms with E-state index in [-0.39, 0.29) is 18.2 Å². The van der Waals surface area contributed by atoms with Gasteiger partial charge in [-0.1, -0.05) is 30.3 Å². The van der Waals surface area contributed by atoms with Crippen LogP contribution in [0.5, 0.6) is 0 Å². The van der Waals surface area contributed by atoms with Crippen LogP contribution in [0.2, 0.25) is 0 Å². The standard InChI is InChI=1S/C24H29N5O3/c1-4-25-23-27-16(2)21-22(28-23)29(15-26-21)20-11-10-19(24(20)14-31-17(3)32-24)13-30-12-18-8-6-5-7-9-18/h4-9,15,17,19-20H,10-14H2,1-3H3/b25-4+/t17?,19-,20-,24-/m0/s1. The third-order valence-corrected chi connectivity index (χ3v) is 6.57. The lowest BCUT2D eigenvalue weighted by Crippen LogP contribution is -2.45. The van der Waals surface area contributed by atoms with E-state index >= 15 is 0 Å². The second-order valence-electron chi connectivity index (χ2n) is 8.56. The molecule has 3 aromatic rings. The highest BCUT2D eigenvalue weighted by Gasteiger charge is 2.57. The minimum absolute atomic E-state index is 0.0514. The third-order valence-electron chi connectivity index (χ3n) is 6.57. The molecule has 1 aliphatic heterocycles. The Bertz CT molecular complexity index is 1120. The van der Waals surface area contributed by atoms with Crippen molar-refractivity contribution in [2.75, 3.05) is 13.2 Å². The van der Waals surface area contributed by atoms with Crippen LogP contribution >= 0.6 is 0 Å². The van der Waals surface area contributed by atoms with Gasteiger partial charge in [-0.3, -0.25) is 0 Å². The average molecular weight is 436 g/mol. The number of hydrogen-bond acceptors (Lipinski definition) is 7. The molecule has 5 rings (SSSR count). The van der Waals surface area contributed by atoms with Crippen LogP contribution in [0, 0.1) is 12.8 Å². The van der Waals surface area contributed by atoms with Crippen LogP contribution in [0.15, 0.2) is 41.7 Å². The lowest BCUT2D eigenvalue weighted by molar-refractivity contribution is -0.116. The summed E-state index contributed by atoms with van der Waals surface area (Å²) in [5.41, 5.74) is 3.10. The number of nitrogens with zero attached hydrogens (tertiary/aromatic N) is 5. The second-order valence-corrected chi connectivity index (χ2v) is 8.56. The zero-order valence-electron chi connectivity index (χ0n) is 18.8. The van der Waals surface area contributed by atoms with Gasteiger partial charge in [-0.15, -0.1) is 0 Å². The van der Waals surface area contributed by atoms with E-state index in [2.05, 4.69) is 31.7 Å². The Morgan fingerprint density at radius 2 is 2.09 bits per heavy atom. The second kappa shape index (κ2) is 8.69. The van der Waals surface area contributed by atoms with Crippen LogP contribution in [0.1, 0.15) is 44.0 Å². The van der Waals surface area contributed by atoms with Crippen molar-refractivity contribution in [1.29, 1.82) is 0 Å². The first-order chi connectivity index (χ1) is 15.6. The number of aryl methyl sites for hydroxylation is 1. The molecule has 0 N–H and O–H groups in total. The van der Waals surface area contributed by atoms with E-state index in [1.165, 1.54) is 5.56 Å². The maximum Gasteiger partial charge on any atom is 0.251 e. The number of imidazole rings is 1. The van der Waals surface area contributed by atoms with Crippen molar-refractivity contribution in [3.05, 3.63) is 47.9 Å². The minimum Gasteiger partial charge on any atom is -0.376 e. The molecule has 1 unspecified atom stereocenters. The summed E-state index contributed by atoms with van der Waals surface area (Å²) in [5.74, 6) is 0.667. The van der Waals surface area contributed by atoms with Gasteiger partial charge in [0, 0.05) is 12.1 Å². The topological polar surface area (TPSA) is 83.7 Å². The van der Waals surface area contributed by atoms with Gasteiger partial charge in [-0.05, 0) is 39.2 Å². The number of benzene rings is 1. The molecule has 3 heterocycles. The minimum atomic E-state index is -0.475. The summed E-state index contributed by atoms with van der Waals surface area (Å²) >= 11 is 0. The van der Waals surface area contributed by atoms with Gasteiger partial charge in [-0.2, -0.15) is 4.98 Å². The van der Waals surface area contributed by atoms with E-state index in [4.69, 9.17) is 19.2 Å². The molecular formula is C24H29N5O3. The molecule has 2 fully saturated rings. The van der Waals surface area contributed by atoms with Crippen LogP contribution in [0.4, 0.5) is 5.95 Å². The first-order valence-corrected chi connectivity index (χ1v) is 11.2. The van der Waals surface area contributed by atoms with E-state index in [9.17, 15) is 0 Å².